The van der Waals surface area contributed by atoms with Gasteiger partial charge in [0.05, 0.1) is 10.6 Å². The number of amides is 1. The Balaban J connectivity index is 0.00000253. The Kier molecular flexibility index (Phi) is 11.2. The number of carboxylic acids is 1. The van der Waals surface area contributed by atoms with Gasteiger partial charge in [0.25, 0.3) is 0 Å². The lowest BCUT2D eigenvalue weighted by Gasteiger charge is -2.39. The molecule has 0 aliphatic carbocycles. The first-order chi connectivity index (χ1) is 17.1. The van der Waals surface area contributed by atoms with Gasteiger partial charge in [-0.3, -0.25) is 14.7 Å². The van der Waals surface area contributed by atoms with Crippen molar-refractivity contribution in [2.24, 2.45) is 12.0 Å². The van der Waals surface area contributed by atoms with Crippen molar-refractivity contribution in [2.45, 2.75) is 23.9 Å². The summed E-state index contributed by atoms with van der Waals surface area (Å²) < 4.78 is 27.8. The van der Waals surface area contributed by atoms with Crippen LogP contribution in [-0.2, 0) is 33.0 Å². The molecule has 1 unspecified atom stereocenters. The van der Waals surface area contributed by atoms with Gasteiger partial charge >= 0.3 is 5.97 Å². The average Bonchev–Trinajstić information content (AvgIpc) is 3.21. The molecular weight excluding hydrogens is 595 g/mol. The summed E-state index contributed by atoms with van der Waals surface area (Å²) in [6.07, 6.45) is -0.286. The van der Waals surface area contributed by atoms with Gasteiger partial charge in [0.2, 0.25) is 5.91 Å². The van der Waals surface area contributed by atoms with Crippen molar-refractivity contribution in [1.29, 1.82) is 0 Å². The van der Waals surface area contributed by atoms with Gasteiger partial charge in [0, 0.05) is 62.8 Å². The molecule has 0 saturated carbocycles. The van der Waals surface area contributed by atoms with Gasteiger partial charge in [0.15, 0.2) is 14.6 Å². The summed E-state index contributed by atoms with van der Waals surface area (Å²) in [6, 6.07) is 8.88. The van der Waals surface area contributed by atoms with Crippen LogP contribution in [0.3, 0.4) is 0 Å². The molecular formula is C24H29Cl3N4O5S2. The van der Waals surface area contributed by atoms with E-state index in [0.29, 0.717) is 18.1 Å². The van der Waals surface area contributed by atoms with Crippen molar-refractivity contribution in [3.05, 3.63) is 57.3 Å². The number of halogens is 3. The third kappa shape index (κ3) is 7.08. The van der Waals surface area contributed by atoms with E-state index in [1.165, 1.54) is 22.3 Å². The molecule has 208 valence electrons. The number of benzene rings is 2. The highest BCUT2D eigenvalue weighted by molar-refractivity contribution is 7.91. The van der Waals surface area contributed by atoms with Gasteiger partial charge in [0.1, 0.15) is 6.04 Å². The number of hydrogen-bond acceptors (Lipinski definition) is 7. The van der Waals surface area contributed by atoms with E-state index in [0.717, 1.165) is 21.3 Å². The standard InChI is InChI=1S/C24H27ClN4O5S2.2ClH/c1-26-24-27(2)19(15-35-24)13-28-8-9-29(21(14-28)23(31)32)22(30)7-10-36(33,34)20-6-4-16-11-18(25)5-3-17(16)12-20;;/h3-6,11-12,15,21H,7-10,13-14H2,1-2H3,(H,31,32);2*1H. The fourth-order valence-electron chi connectivity index (χ4n) is 4.34. The van der Waals surface area contributed by atoms with Crippen LogP contribution < -0.4 is 4.80 Å². The van der Waals surface area contributed by atoms with Crippen LogP contribution >= 0.6 is 47.8 Å². The smallest absolute Gasteiger partial charge is 0.327 e. The van der Waals surface area contributed by atoms with E-state index in [1.807, 2.05) is 21.9 Å². The maximum Gasteiger partial charge on any atom is 0.327 e. The molecule has 1 amide bonds. The summed E-state index contributed by atoms with van der Waals surface area (Å²) >= 11 is 7.51. The van der Waals surface area contributed by atoms with E-state index in [4.69, 9.17) is 11.6 Å². The Hall–Kier alpha value is -2.15. The van der Waals surface area contributed by atoms with Crippen molar-refractivity contribution in [3.8, 4) is 0 Å². The van der Waals surface area contributed by atoms with Crippen LogP contribution in [0.15, 0.2) is 51.7 Å². The Bertz CT molecular complexity index is 1490. The number of piperazine rings is 1. The molecule has 1 aliphatic rings. The van der Waals surface area contributed by atoms with Gasteiger partial charge in [-0.15, -0.1) is 36.2 Å². The molecule has 1 saturated heterocycles. The number of aromatic nitrogens is 1. The average molecular weight is 624 g/mol. The third-order valence-electron chi connectivity index (χ3n) is 6.38. The SMILES string of the molecule is CN=c1scc(CN2CCN(C(=O)CCS(=O)(=O)c3ccc4cc(Cl)ccc4c3)C(C(=O)O)C2)n1C.Cl.Cl. The van der Waals surface area contributed by atoms with Crippen molar-refractivity contribution >= 4 is 80.2 Å². The molecule has 1 aromatic heterocycles. The van der Waals surface area contributed by atoms with Crippen molar-refractivity contribution in [2.75, 3.05) is 32.4 Å². The predicted octanol–water partition coefficient (Wildman–Crippen LogP) is 3.23. The number of nitrogens with zero attached hydrogens (tertiary/aromatic N) is 4. The third-order valence-corrected chi connectivity index (χ3v) is 9.39. The second-order valence-electron chi connectivity index (χ2n) is 8.69. The number of carboxylic acid groups (broad SMARTS) is 1. The van der Waals surface area contributed by atoms with Gasteiger partial charge in [-0.25, -0.2) is 13.2 Å². The summed E-state index contributed by atoms with van der Waals surface area (Å²) in [5.74, 6) is -1.99. The summed E-state index contributed by atoms with van der Waals surface area (Å²) in [6.45, 7) is 1.40. The summed E-state index contributed by atoms with van der Waals surface area (Å²) in [7, 11) is -0.109. The maximum atomic E-state index is 13.0. The summed E-state index contributed by atoms with van der Waals surface area (Å²) in [4.78, 5) is 33.4. The monoisotopic (exact) mass is 622 g/mol. The van der Waals surface area contributed by atoms with Crippen LogP contribution in [0, 0.1) is 0 Å². The van der Waals surface area contributed by atoms with E-state index < -0.39 is 33.5 Å². The first kappa shape index (κ1) is 32.1. The van der Waals surface area contributed by atoms with Crippen LogP contribution in [0.5, 0.6) is 0 Å². The van der Waals surface area contributed by atoms with Crippen LogP contribution in [0.1, 0.15) is 12.1 Å². The highest BCUT2D eigenvalue weighted by Gasteiger charge is 2.35. The topological polar surface area (TPSA) is 112 Å². The van der Waals surface area contributed by atoms with Crippen LogP contribution in [0.2, 0.25) is 5.02 Å². The molecule has 0 bridgehead atoms. The zero-order valence-corrected chi connectivity index (χ0v) is 24.8. The van der Waals surface area contributed by atoms with E-state index in [-0.39, 0.29) is 49.2 Å². The first-order valence-corrected chi connectivity index (χ1v) is 14.2. The second kappa shape index (κ2) is 13.3. The molecule has 38 heavy (non-hydrogen) atoms. The lowest BCUT2D eigenvalue weighted by molar-refractivity contribution is -0.153. The number of fused-ring (bicyclic) bond motifs is 1. The summed E-state index contributed by atoms with van der Waals surface area (Å²) in [5, 5.41) is 13.9. The second-order valence-corrected chi connectivity index (χ2v) is 12.1. The zero-order chi connectivity index (χ0) is 26.0. The van der Waals surface area contributed by atoms with Crippen molar-refractivity contribution < 1.29 is 23.1 Å². The largest absolute Gasteiger partial charge is 0.480 e. The fourth-order valence-corrected chi connectivity index (χ4v) is 6.64. The molecule has 1 aliphatic heterocycles. The molecule has 4 rings (SSSR count). The van der Waals surface area contributed by atoms with Crippen LogP contribution in [0.4, 0.5) is 0 Å². The summed E-state index contributed by atoms with van der Waals surface area (Å²) in [5.41, 5.74) is 1.01. The highest BCUT2D eigenvalue weighted by Crippen LogP contribution is 2.24. The maximum absolute atomic E-state index is 13.0. The fraction of sp³-hybridized carbons (Fsp3) is 0.375. The van der Waals surface area contributed by atoms with E-state index in [1.54, 1.807) is 37.4 Å². The molecule has 9 nitrogen and oxygen atoms in total. The van der Waals surface area contributed by atoms with Crippen molar-refractivity contribution in [3.63, 3.8) is 0 Å². The number of aliphatic carboxylic acids is 1. The molecule has 14 heteroatoms. The predicted molar refractivity (Wildman–Crippen MR) is 153 cm³/mol. The van der Waals surface area contributed by atoms with E-state index >= 15 is 0 Å². The zero-order valence-electron chi connectivity index (χ0n) is 20.7. The molecule has 2 heterocycles. The van der Waals surface area contributed by atoms with Crippen LogP contribution in [0.25, 0.3) is 10.8 Å². The Morgan fingerprint density at radius 3 is 2.47 bits per heavy atom. The Morgan fingerprint density at radius 1 is 1.13 bits per heavy atom. The highest BCUT2D eigenvalue weighted by atomic mass is 35.5. The molecule has 0 radical (unpaired) electrons. The number of thiazole rings is 1. The molecule has 3 aromatic rings. The minimum absolute atomic E-state index is 0. The molecule has 1 fully saturated rings. The number of sulfone groups is 1. The van der Waals surface area contributed by atoms with Gasteiger partial charge in [-0.05, 0) is 35.0 Å². The molecule has 0 spiro atoms. The lowest BCUT2D eigenvalue weighted by atomic mass is 10.1. The van der Waals surface area contributed by atoms with Crippen LogP contribution in [-0.4, -0.2) is 78.2 Å². The normalized spacial score (nSPS) is 16.7. The number of rotatable bonds is 7. The molecule has 2 aromatic carbocycles. The van der Waals surface area contributed by atoms with E-state index in [2.05, 4.69) is 4.99 Å². The number of carbonyl (C=O) groups excluding carboxylic acids is 1. The Morgan fingerprint density at radius 2 is 1.82 bits per heavy atom. The molecule has 1 atom stereocenters. The van der Waals surface area contributed by atoms with Crippen molar-refractivity contribution in [1.82, 2.24) is 14.4 Å². The number of hydrogen-bond donors (Lipinski definition) is 1. The first-order valence-electron chi connectivity index (χ1n) is 11.3. The molecule has 1 N–H and O–H groups in total. The number of carbonyl (C=O) groups is 2. The van der Waals surface area contributed by atoms with E-state index in [9.17, 15) is 23.1 Å². The van der Waals surface area contributed by atoms with Gasteiger partial charge in [-0.2, -0.15) is 0 Å². The minimum Gasteiger partial charge on any atom is -0.480 e. The van der Waals surface area contributed by atoms with Gasteiger partial charge in [-0.1, -0.05) is 23.7 Å². The van der Waals surface area contributed by atoms with Gasteiger partial charge < -0.3 is 14.6 Å². The lowest BCUT2D eigenvalue weighted by Crippen LogP contribution is -2.58. The quantitative estimate of drug-likeness (QED) is 0.433. The Labute approximate surface area is 242 Å². The minimum atomic E-state index is -3.74.